The first-order chi connectivity index (χ1) is 22.2. The van der Waals surface area contributed by atoms with E-state index in [0.29, 0.717) is 0 Å². The quantitative estimate of drug-likeness (QED) is 0.145. The maximum absolute atomic E-state index is 10.3. The molecule has 0 aromatic heterocycles. The fraction of sp³-hybridized carbons (Fsp3) is 0.0952. The Labute approximate surface area is 287 Å². The normalized spacial score (nSPS) is 10.4. The minimum atomic E-state index is 0.0718. The SMILES string of the molecule is CC=C(C)C=[CH][Ti+3].Cc1ccc(C=CC=Cc2ccc(C)cc2)cc1.[O-]c1ccccc1.[O-]c1ccccc1.[O-]c1ccccc1. The van der Waals surface area contributed by atoms with Crippen molar-refractivity contribution in [3.8, 4) is 17.2 Å². The predicted octanol–water partition coefficient (Wildman–Crippen LogP) is 9.32. The molecule has 0 aliphatic carbocycles. The molecule has 0 radical (unpaired) electrons. The van der Waals surface area contributed by atoms with E-state index in [0.717, 1.165) is 0 Å². The molecule has 0 aliphatic rings. The van der Waals surface area contributed by atoms with Crippen molar-refractivity contribution in [1.29, 1.82) is 0 Å². The standard InChI is InChI=1S/C18H18.3C6H6O.C6H9.Ti/c1-15-7-11-17(12-8-15)5-3-4-6-18-13-9-16(2)10-14-18;3*7-6-4-2-1-3-5-6;1-4-6(3)5-2;/h3-14H,1-2H3;3*1-5,7H;1,4-5H,2-3H3;/q;;;;;+3/p-3. The minimum absolute atomic E-state index is 0.0718. The molecule has 0 spiro atoms. The number of benzene rings is 5. The molecule has 5 aromatic rings. The van der Waals surface area contributed by atoms with Crippen molar-refractivity contribution in [3.05, 3.63) is 196 Å². The molecule has 0 saturated heterocycles. The monoisotopic (exact) mass is 642 g/mol. The zero-order valence-electron chi connectivity index (χ0n) is 27.0. The zero-order valence-corrected chi connectivity index (χ0v) is 28.6. The van der Waals surface area contributed by atoms with Crippen LogP contribution in [0.5, 0.6) is 17.2 Å². The third kappa shape index (κ3) is 21.8. The molecule has 232 valence electrons. The number of para-hydroxylation sites is 3. The van der Waals surface area contributed by atoms with Crippen molar-refractivity contribution in [1.82, 2.24) is 0 Å². The van der Waals surface area contributed by atoms with Crippen molar-refractivity contribution < 1.29 is 35.8 Å². The summed E-state index contributed by atoms with van der Waals surface area (Å²) in [4.78, 5) is 0. The fourth-order valence-electron chi connectivity index (χ4n) is 3.18. The van der Waals surface area contributed by atoms with Crippen LogP contribution in [0.1, 0.15) is 36.1 Å². The Balaban J connectivity index is 0.000000315. The third-order valence-electron chi connectivity index (χ3n) is 5.87. The van der Waals surface area contributed by atoms with E-state index in [4.69, 9.17) is 0 Å². The zero-order chi connectivity index (χ0) is 33.8. The summed E-state index contributed by atoms with van der Waals surface area (Å²) in [7, 11) is 0. The number of rotatable bonds is 4. The summed E-state index contributed by atoms with van der Waals surface area (Å²) in [5.41, 5.74) is 6.37. The Bertz CT molecular complexity index is 1410. The van der Waals surface area contributed by atoms with Crippen molar-refractivity contribution in [2.75, 3.05) is 0 Å². The third-order valence-corrected chi connectivity index (χ3v) is 6.13. The molecule has 0 bridgehead atoms. The Morgan fingerprint density at radius 3 is 1.00 bits per heavy atom. The van der Waals surface area contributed by atoms with Gasteiger partial charge in [-0.15, -0.1) is 17.2 Å². The summed E-state index contributed by atoms with van der Waals surface area (Å²) >= 11 is 2.02. The van der Waals surface area contributed by atoms with Gasteiger partial charge in [-0.05, 0) is 25.0 Å². The van der Waals surface area contributed by atoms with E-state index in [2.05, 4.69) is 106 Å². The van der Waals surface area contributed by atoms with Gasteiger partial charge in [0.05, 0.1) is 0 Å². The van der Waals surface area contributed by atoms with Crippen LogP contribution < -0.4 is 15.3 Å². The summed E-state index contributed by atoms with van der Waals surface area (Å²) in [6.45, 7) is 8.32. The molecule has 3 nitrogen and oxygen atoms in total. The van der Waals surface area contributed by atoms with Crippen molar-refractivity contribution in [2.24, 2.45) is 0 Å². The van der Waals surface area contributed by atoms with E-state index in [-0.39, 0.29) is 17.2 Å². The molecule has 5 rings (SSSR count). The summed E-state index contributed by atoms with van der Waals surface area (Å²) in [5, 5.41) is 30.8. The van der Waals surface area contributed by atoms with Gasteiger partial charge >= 0.3 is 56.4 Å². The van der Waals surface area contributed by atoms with Crippen LogP contribution in [0.25, 0.3) is 12.2 Å². The molecule has 0 heterocycles. The van der Waals surface area contributed by atoms with Crippen molar-refractivity contribution in [3.63, 3.8) is 0 Å². The first-order valence-corrected chi connectivity index (χ1v) is 15.7. The minimum Gasteiger partial charge on any atom is -0.872 e. The number of aryl methyl sites for hydroxylation is 2. The smallest absolute Gasteiger partial charge is 0.0256 e. The molecule has 0 unspecified atom stereocenters. The molecule has 0 amide bonds. The van der Waals surface area contributed by atoms with Crippen molar-refractivity contribution in [2.45, 2.75) is 27.7 Å². The van der Waals surface area contributed by atoms with E-state index in [1.54, 1.807) is 36.4 Å². The molecule has 46 heavy (non-hydrogen) atoms. The summed E-state index contributed by atoms with van der Waals surface area (Å²) in [6, 6.07) is 42.0. The van der Waals surface area contributed by atoms with Gasteiger partial charge in [0.1, 0.15) is 0 Å². The Morgan fingerprint density at radius 2 is 0.804 bits per heavy atom. The molecular weight excluding hydrogens is 600 g/mol. The Morgan fingerprint density at radius 1 is 0.500 bits per heavy atom. The number of hydrogen-bond donors (Lipinski definition) is 0. The van der Waals surface area contributed by atoms with Crippen LogP contribution in [0.2, 0.25) is 0 Å². The molecule has 0 atom stereocenters. The van der Waals surface area contributed by atoms with E-state index in [1.807, 2.05) is 49.9 Å². The van der Waals surface area contributed by atoms with E-state index in [9.17, 15) is 15.3 Å². The molecule has 4 heteroatoms. The van der Waals surface area contributed by atoms with Crippen LogP contribution in [0.3, 0.4) is 0 Å². The van der Waals surface area contributed by atoms with Crippen molar-refractivity contribution >= 4 is 12.2 Å². The average Bonchev–Trinajstić information content (AvgIpc) is 3.07. The predicted molar refractivity (Wildman–Crippen MR) is 187 cm³/mol. The van der Waals surface area contributed by atoms with Gasteiger partial charge in [-0.1, -0.05) is 175 Å². The van der Waals surface area contributed by atoms with Gasteiger partial charge in [0.25, 0.3) is 0 Å². The molecule has 0 N–H and O–H groups in total. The molecule has 0 fully saturated rings. The van der Waals surface area contributed by atoms with Gasteiger partial charge in [0, 0.05) is 0 Å². The Hall–Kier alpha value is -4.83. The maximum atomic E-state index is 10.3. The van der Waals surface area contributed by atoms with Crippen LogP contribution in [-0.4, -0.2) is 0 Å². The second-order valence-electron chi connectivity index (χ2n) is 9.84. The topological polar surface area (TPSA) is 69.2 Å². The summed E-state index contributed by atoms with van der Waals surface area (Å²) in [6.07, 6.45) is 12.5. The first kappa shape index (κ1) is 39.2. The van der Waals surface area contributed by atoms with Gasteiger partial charge in [-0.3, -0.25) is 0 Å². The molecule has 5 aromatic carbocycles. The van der Waals surface area contributed by atoms with Gasteiger partial charge in [-0.2, -0.15) is 0 Å². The van der Waals surface area contributed by atoms with E-state index < -0.39 is 0 Å². The van der Waals surface area contributed by atoms with Crippen LogP contribution in [-0.2, 0) is 20.4 Å². The van der Waals surface area contributed by atoms with Gasteiger partial charge < -0.3 is 15.3 Å². The number of hydrogen-bond acceptors (Lipinski definition) is 3. The average molecular weight is 643 g/mol. The first-order valence-electron chi connectivity index (χ1n) is 14.8. The van der Waals surface area contributed by atoms with Crippen LogP contribution in [0.4, 0.5) is 0 Å². The van der Waals surface area contributed by atoms with Gasteiger partial charge in [0.2, 0.25) is 0 Å². The fourth-order valence-corrected chi connectivity index (χ4v) is 3.59. The second-order valence-corrected chi connectivity index (χ2v) is 10.4. The van der Waals surface area contributed by atoms with Gasteiger partial charge in [0.15, 0.2) is 0 Å². The van der Waals surface area contributed by atoms with E-state index >= 15 is 0 Å². The molecular formula is C42H42O3Ti. The maximum Gasteiger partial charge on any atom is -0.0256 e. The molecule has 0 saturated carbocycles. The van der Waals surface area contributed by atoms with Gasteiger partial charge in [-0.25, -0.2) is 0 Å². The van der Waals surface area contributed by atoms with Crippen LogP contribution in [0, 0.1) is 13.8 Å². The summed E-state index contributed by atoms with van der Waals surface area (Å²) < 4.78 is 2.04. The largest absolute Gasteiger partial charge is 0.872 e. The second kappa shape index (κ2) is 25.5. The Kier molecular flexibility index (Phi) is 21.7. The number of allylic oxidation sites excluding steroid dienone is 5. The van der Waals surface area contributed by atoms with Crippen LogP contribution in [0.15, 0.2) is 174 Å². The molecule has 0 aliphatic heterocycles. The van der Waals surface area contributed by atoms with Crippen LogP contribution >= 0.6 is 0 Å². The summed E-state index contributed by atoms with van der Waals surface area (Å²) in [5.74, 6) is 0.215. The van der Waals surface area contributed by atoms with E-state index in [1.165, 1.54) is 64.2 Å².